The fraction of sp³-hybridized carbons (Fsp3) is 0.429. The lowest BCUT2D eigenvalue weighted by Crippen LogP contribution is -2.41. The van der Waals surface area contributed by atoms with E-state index in [-0.39, 0.29) is 11.8 Å². The van der Waals surface area contributed by atoms with Gasteiger partial charge in [0.25, 0.3) is 0 Å². The van der Waals surface area contributed by atoms with E-state index in [2.05, 4.69) is 11.0 Å². The van der Waals surface area contributed by atoms with Crippen LogP contribution in [0.25, 0.3) is 0 Å². The van der Waals surface area contributed by atoms with Crippen LogP contribution < -0.4 is 16.4 Å². The van der Waals surface area contributed by atoms with Gasteiger partial charge >= 0.3 is 0 Å². The summed E-state index contributed by atoms with van der Waals surface area (Å²) in [5.74, 6) is -0.259. The van der Waals surface area contributed by atoms with Crippen molar-refractivity contribution in [2.75, 3.05) is 18.0 Å². The molecule has 0 aliphatic carbocycles. The number of nitrogens with two attached hydrogens (primary N) is 2. The van der Waals surface area contributed by atoms with E-state index < -0.39 is 0 Å². The minimum absolute atomic E-state index is 0.0516. The van der Waals surface area contributed by atoms with Crippen LogP contribution in [0.1, 0.15) is 24.0 Å². The molecule has 1 aromatic carbocycles. The molecule has 1 saturated heterocycles. The van der Waals surface area contributed by atoms with Gasteiger partial charge in [-0.05, 0) is 43.5 Å². The predicted molar refractivity (Wildman–Crippen MR) is 81.2 cm³/mol. The Balaban J connectivity index is 2.20. The standard InChI is InChI=1S/C14H19N3OS/c1-9-7-11(4-5-12(9)14(16)19)17-6-2-3-10(8-17)13(15)18/h4-5,7,10H,2-3,6,8H2,1H3,(H2,15,18)(H2,16,19). The van der Waals surface area contributed by atoms with Crippen molar-refractivity contribution in [3.8, 4) is 0 Å². The van der Waals surface area contributed by atoms with Crippen LogP contribution in [0.2, 0.25) is 0 Å². The van der Waals surface area contributed by atoms with Crippen molar-refractivity contribution in [3.63, 3.8) is 0 Å². The summed E-state index contributed by atoms with van der Waals surface area (Å²) in [7, 11) is 0. The maximum absolute atomic E-state index is 11.3. The second kappa shape index (κ2) is 5.57. The Kier molecular flexibility index (Phi) is 4.04. The minimum Gasteiger partial charge on any atom is -0.389 e. The minimum atomic E-state index is -0.207. The Morgan fingerprint density at radius 3 is 2.74 bits per heavy atom. The highest BCUT2D eigenvalue weighted by Gasteiger charge is 2.24. The van der Waals surface area contributed by atoms with E-state index in [0.29, 0.717) is 11.5 Å². The number of hydrogen-bond donors (Lipinski definition) is 2. The maximum Gasteiger partial charge on any atom is 0.222 e. The molecule has 5 heteroatoms. The first-order valence-electron chi connectivity index (χ1n) is 6.43. The molecule has 0 aromatic heterocycles. The smallest absolute Gasteiger partial charge is 0.222 e. The van der Waals surface area contributed by atoms with Gasteiger partial charge < -0.3 is 16.4 Å². The van der Waals surface area contributed by atoms with Crippen LogP contribution in [-0.4, -0.2) is 24.0 Å². The Morgan fingerprint density at radius 2 is 2.16 bits per heavy atom. The molecular formula is C14H19N3OS. The first kappa shape index (κ1) is 13.8. The van der Waals surface area contributed by atoms with Gasteiger partial charge in [0.15, 0.2) is 0 Å². The third-order valence-corrected chi connectivity index (χ3v) is 3.88. The fourth-order valence-corrected chi connectivity index (χ4v) is 2.79. The summed E-state index contributed by atoms with van der Waals surface area (Å²) in [6.07, 6.45) is 1.87. The van der Waals surface area contributed by atoms with Gasteiger partial charge in [0.05, 0.1) is 5.92 Å². The Morgan fingerprint density at radius 1 is 1.42 bits per heavy atom. The monoisotopic (exact) mass is 277 g/mol. The summed E-state index contributed by atoms with van der Waals surface area (Å²) >= 11 is 5.01. The molecule has 0 spiro atoms. The summed E-state index contributed by atoms with van der Waals surface area (Å²) in [4.78, 5) is 13.9. The highest BCUT2D eigenvalue weighted by Crippen LogP contribution is 2.25. The van der Waals surface area contributed by atoms with Crippen LogP contribution in [0.15, 0.2) is 18.2 Å². The summed E-state index contributed by atoms with van der Waals surface area (Å²) in [5.41, 5.74) is 14.1. The van der Waals surface area contributed by atoms with E-state index >= 15 is 0 Å². The maximum atomic E-state index is 11.3. The van der Waals surface area contributed by atoms with Crippen LogP contribution in [-0.2, 0) is 4.79 Å². The number of hydrogen-bond acceptors (Lipinski definition) is 3. The number of carbonyl (C=O) groups excluding carboxylic acids is 1. The van der Waals surface area contributed by atoms with Gasteiger partial charge in [-0.3, -0.25) is 4.79 Å². The number of anilines is 1. The molecule has 0 radical (unpaired) electrons. The second-order valence-electron chi connectivity index (χ2n) is 5.05. The normalized spacial score (nSPS) is 19.2. The van der Waals surface area contributed by atoms with E-state index in [0.717, 1.165) is 36.2 Å². The summed E-state index contributed by atoms with van der Waals surface area (Å²) in [5, 5.41) is 0. The lowest BCUT2D eigenvalue weighted by Gasteiger charge is -2.33. The average Bonchev–Trinajstić information content (AvgIpc) is 2.38. The molecule has 1 heterocycles. The summed E-state index contributed by atoms with van der Waals surface area (Å²) in [6.45, 7) is 3.64. The molecule has 1 aliphatic heterocycles. The highest BCUT2D eigenvalue weighted by atomic mass is 32.1. The zero-order chi connectivity index (χ0) is 14.0. The number of nitrogens with zero attached hydrogens (tertiary/aromatic N) is 1. The number of thiocarbonyl (C=S) groups is 1. The number of rotatable bonds is 3. The van der Waals surface area contributed by atoms with E-state index in [1.54, 1.807) is 0 Å². The average molecular weight is 277 g/mol. The van der Waals surface area contributed by atoms with Crippen LogP contribution >= 0.6 is 12.2 Å². The molecule has 0 saturated carbocycles. The molecule has 1 amide bonds. The number of amides is 1. The van der Waals surface area contributed by atoms with Crippen LogP contribution in [0.5, 0.6) is 0 Å². The molecule has 19 heavy (non-hydrogen) atoms. The van der Waals surface area contributed by atoms with Crippen molar-refractivity contribution < 1.29 is 4.79 Å². The van der Waals surface area contributed by atoms with Gasteiger partial charge in [-0.25, -0.2) is 0 Å². The first-order chi connectivity index (χ1) is 8.99. The molecule has 1 unspecified atom stereocenters. The van der Waals surface area contributed by atoms with Crippen molar-refractivity contribution >= 4 is 28.8 Å². The van der Waals surface area contributed by atoms with E-state index in [1.165, 1.54) is 0 Å². The number of aryl methyl sites for hydroxylation is 1. The molecule has 0 bridgehead atoms. The Labute approximate surface area is 118 Å². The van der Waals surface area contributed by atoms with Crippen LogP contribution in [0.3, 0.4) is 0 Å². The lowest BCUT2D eigenvalue weighted by molar-refractivity contribution is -0.122. The quantitative estimate of drug-likeness (QED) is 0.818. The lowest BCUT2D eigenvalue weighted by atomic mass is 9.96. The molecule has 1 aromatic rings. The van der Waals surface area contributed by atoms with E-state index in [1.807, 2.05) is 19.1 Å². The van der Waals surface area contributed by atoms with Gasteiger partial charge in [0.2, 0.25) is 5.91 Å². The zero-order valence-electron chi connectivity index (χ0n) is 11.1. The van der Waals surface area contributed by atoms with Gasteiger partial charge in [-0.2, -0.15) is 0 Å². The highest BCUT2D eigenvalue weighted by molar-refractivity contribution is 7.80. The number of piperidine rings is 1. The molecule has 102 valence electrons. The summed E-state index contributed by atoms with van der Waals surface area (Å²) < 4.78 is 0. The topological polar surface area (TPSA) is 72.3 Å². The van der Waals surface area contributed by atoms with E-state index in [9.17, 15) is 4.79 Å². The van der Waals surface area contributed by atoms with Crippen molar-refractivity contribution in [1.82, 2.24) is 0 Å². The number of primary amides is 1. The number of carbonyl (C=O) groups is 1. The summed E-state index contributed by atoms with van der Waals surface area (Å²) in [6, 6.07) is 6.02. The Bertz CT molecular complexity index is 515. The van der Waals surface area contributed by atoms with Gasteiger partial charge in [-0.1, -0.05) is 12.2 Å². The van der Waals surface area contributed by atoms with Gasteiger partial charge in [-0.15, -0.1) is 0 Å². The molecule has 4 nitrogen and oxygen atoms in total. The van der Waals surface area contributed by atoms with Gasteiger partial charge in [0.1, 0.15) is 4.99 Å². The van der Waals surface area contributed by atoms with Crippen molar-refractivity contribution in [3.05, 3.63) is 29.3 Å². The van der Waals surface area contributed by atoms with Crippen molar-refractivity contribution in [1.29, 1.82) is 0 Å². The Hall–Kier alpha value is -1.62. The zero-order valence-corrected chi connectivity index (χ0v) is 11.9. The van der Waals surface area contributed by atoms with Crippen LogP contribution in [0, 0.1) is 12.8 Å². The molecule has 1 atom stereocenters. The van der Waals surface area contributed by atoms with Gasteiger partial charge in [0, 0.05) is 24.3 Å². The third kappa shape index (κ3) is 3.04. The molecule has 4 N–H and O–H groups in total. The second-order valence-corrected chi connectivity index (χ2v) is 5.49. The molecule has 2 rings (SSSR count). The molecule has 1 aliphatic rings. The molecular weight excluding hydrogens is 258 g/mol. The largest absolute Gasteiger partial charge is 0.389 e. The third-order valence-electron chi connectivity index (χ3n) is 3.66. The first-order valence-corrected chi connectivity index (χ1v) is 6.84. The van der Waals surface area contributed by atoms with Crippen molar-refractivity contribution in [2.45, 2.75) is 19.8 Å². The fourth-order valence-electron chi connectivity index (χ4n) is 2.56. The predicted octanol–water partition coefficient (Wildman–Crippen LogP) is 1.33. The SMILES string of the molecule is Cc1cc(N2CCCC(C(N)=O)C2)ccc1C(N)=S. The molecule has 1 fully saturated rings. The number of benzene rings is 1. The van der Waals surface area contributed by atoms with E-state index in [4.69, 9.17) is 23.7 Å². The van der Waals surface area contributed by atoms with Crippen LogP contribution in [0.4, 0.5) is 5.69 Å². The van der Waals surface area contributed by atoms with Crippen molar-refractivity contribution in [2.24, 2.45) is 17.4 Å².